The molecule has 1 aliphatic rings. The van der Waals surface area contributed by atoms with Crippen molar-refractivity contribution in [3.05, 3.63) is 18.0 Å². The molecule has 1 aromatic rings. The minimum absolute atomic E-state index is 0.173. The smallest absolute Gasteiger partial charge is 0.326 e. The largest absolute Gasteiger partial charge is 0.335 e. The van der Waals surface area contributed by atoms with Crippen LogP contribution in [0.2, 0.25) is 0 Å². The van der Waals surface area contributed by atoms with Crippen molar-refractivity contribution in [3.8, 4) is 0 Å². The van der Waals surface area contributed by atoms with Crippen LogP contribution in [0.25, 0.3) is 0 Å². The Bertz CT molecular complexity index is 386. The molecule has 2 amide bonds. The normalized spacial score (nSPS) is 16.9. The maximum atomic E-state index is 11.5. The lowest BCUT2D eigenvalue weighted by atomic mass is 9.96. The van der Waals surface area contributed by atoms with Crippen LogP contribution in [0.1, 0.15) is 37.8 Å². The molecule has 0 aromatic carbocycles. The summed E-state index contributed by atoms with van der Waals surface area (Å²) in [5, 5.41) is 9.49. The Labute approximate surface area is 110 Å². The Hall–Kier alpha value is -1.50. The van der Waals surface area contributed by atoms with Gasteiger partial charge in [0.25, 0.3) is 0 Å². The minimum atomic E-state index is -0.173. The first-order valence-electron chi connectivity index (χ1n) is 6.10. The summed E-state index contributed by atoms with van der Waals surface area (Å²) in [4.78, 5) is 11.5. The number of nitrogens with zero attached hydrogens (tertiary/aromatic N) is 2. The van der Waals surface area contributed by atoms with Crippen LogP contribution in [-0.2, 0) is 0 Å². The lowest BCUT2D eigenvalue weighted by Gasteiger charge is -2.22. The van der Waals surface area contributed by atoms with E-state index in [0.29, 0.717) is 6.04 Å². The van der Waals surface area contributed by atoms with Gasteiger partial charge < -0.3 is 5.32 Å². The van der Waals surface area contributed by atoms with Crippen molar-refractivity contribution >= 4 is 24.4 Å². The Balaban J connectivity index is 1.62. The van der Waals surface area contributed by atoms with Crippen molar-refractivity contribution in [1.82, 2.24) is 20.2 Å². The Morgan fingerprint density at radius 1 is 1.50 bits per heavy atom. The van der Waals surface area contributed by atoms with E-state index in [4.69, 9.17) is 0 Å². The van der Waals surface area contributed by atoms with E-state index in [2.05, 4.69) is 24.6 Å². The lowest BCUT2D eigenvalue weighted by Crippen LogP contribution is -2.40. The number of aromatic nitrogens is 2. The molecule has 0 atom stereocenters. The first-order valence-corrected chi connectivity index (χ1v) is 6.87. The van der Waals surface area contributed by atoms with E-state index in [1.807, 2.05) is 0 Å². The zero-order valence-electron chi connectivity index (χ0n) is 10.1. The summed E-state index contributed by atoms with van der Waals surface area (Å²) in [6, 6.07) is 1.94. The van der Waals surface area contributed by atoms with Crippen LogP contribution < -0.4 is 10.0 Å². The van der Waals surface area contributed by atoms with Gasteiger partial charge in [-0.25, -0.2) is 9.19 Å². The van der Waals surface area contributed by atoms with Crippen LogP contribution in [0.15, 0.2) is 16.7 Å². The average molecular weight is 267 g/mol. The van der Waals surface area contributed by atoms with Crippen molar-refractivity contribution in [1.29, 1.82) is 0 Å². The predicted octanol–water partition coefficient (Wildman–Crippen LogP) is 2.02. The quantitative estimate of drug-likeness (QED) is 0.576. The standard InChI is InChI=1S/C11H17N5OS/c17-11(14-9-4-2-1-3-5-9)16-18-13-8-10-6-7-12-15-10/h6-9H,1-5H2,(H,12,15)(H2,14,16,17). The molecule has 0 aliphatic heterocycles. The maximum absolute atomic E-state index is 11.5. The molecule has 1 aromatic heterocycles. The van der Waals surface area contributed by atoms with Crippen molar-refractivity contribution in [2.24, 2.45) is 4.40 Å². The fourth-order valence-corrected chi connectivity index (χ4v) is 2.31. The summed E-state index contributed by atoms with van der Waals surface area (Å²) in [5.41, 5.74) is 0.803. The Morgan fingerprint density at radius 3 is 3.06 bits per heavy atom. The number of carbonyl (C=O) groups excluding carboxylic acids is 1. The molecule has 1 aliphatic carbocycles. The van der Waals surface area contributed by atoms with Crippen LogP contribution in [0.4, 0.5) is 4.79 Å². The number of nitrogens with one attached hydrogen (secondary N) is 3. The van der Waals surface area contributed by atoms with E-state index in [1.54, 1.807) is 18.5 Å². The third-order valence-corrected chi connectivity index (χ3v) is 3.33. The molecule has 6 nitrogen and oxygen atoms in total. The van der Waals surface area contributed by atoms with E-state index in [1.165, 1.54) is 19.3 Å². The van der Waals surface area contributed by atoms with Gasteiger partial charge in [-0.15, -0.1) is 0 Å². The first-order chi connectivity index (χ1) is 8.84. The second-order valence-electron chi connectivity index (χ2n) is 4.25. The zero-order valence-corrected chi connectivity index (χ0v) is 10.9. The molecule has 1 saturated carbocycles. The number of amides is 2. The molecule has 0 saturated heterocycles. The number of aromatic amines is 1. The van der Waals surface area contributed by atoms with E-state index in [9.17, 15) is 4.79 Å². The third-order valence-electron chi connectivity index (χ3n) is 2.85. The van der Waals surface area contributed by atoms with Gasteiger partial charge in [-0.05, 0) is 18.9 Å². The monoisotopic (exact) mass is 267 g/mol. The van der Waals surface area contributed by atoms with Gasteiger partial charge in [0.15, 0.2) is 0 Å². The molecule has 0 bridgehead atoms. The Kier molecular flexibility index (Phi) is 5.07. The molecule has 3 N–H and O–H groups in total. The maximum Gasteiger partial charge on any atom is 0.326 e. The molecule has 0 radical (unpaired) electrons. The topological polar surface area (TPSA) is 82.2 Å². The fourth-order valence-electron chi connectivity index (χ4n) is 1.95. The van der Waals surface area contributed by atoms with Gasteiger partial charge in [0, 0.05) is 12.2 Å². The molecular weight excluding hydrogens is 250 g/mol. The fraction of sp³-hybridized carbons (Fsp3) is 0.545. The minimum Gasteiger partial charge on any atom is -0.335 e. The van der Waals surface area contributed by atoms with Crippen molar-refractivity contribution in [2.75, 3.05) is 0 Å². The van der Waals surface area contributed by atoms with Crippen molar-refractivity contribution in [3.63, 3.8) is 0 Å². The molecule has 0 unspecified atom stereocenters. The molecular formula is C11H17N5OS. The van der Waals surface area contributed by atoms with E-state index in [-0.39, 0.29) is 6.03 Å². The van der Waals surface area contributed by atoms with E-state index in [0.717, 1.165) is 30.7 Å². The zero-order chi connectivity index (χ0) is 12.6. The van der Waals surface area contributed by atoms with Gasteiger partial charge in [0.05, 0.1) is 24.0 Å². The van der Waals surface area contributed by atoms with Gasteiger partial charge in [-0.3, -0.25) is 9.82 Å². The summed E-state index contributed by atoms with van der Waals surface area (Å²) in [6.07, 6.45) is 9.11. The average Bonchev–Trinajstić information content (AvgIpc) is 2.89. The van der Waals surface area contributed by atoms with Crippen LogP contribution >= 0.6 is 12.1 Å². The van der Waals surface area contributed by atoms with Gasteiger partial charge in [0.2, 0.25) is 0 Å². The highest BCUT2D eigenvalue weighted by molar-refractivity contribution is 7.96. The first kappa shape index (κ1) is 12.9. The summed E-state index contributed by atoms with van der Waals surface area (Å²) in [6.45, 7) is 0. The number of H-pyrrole nitrogens is 1. The van der Waals surface area contributed by atoms with Crippen LogP contribution in [0, 0.1) is 0 Å². The molecule has 98 valence electrons. The van der Waals surface area contributed by atoms with Crippen LogP contribution in [-0.4, -0.2) is 28.5 Å². The molecule has 1 fully saturated rings. The molecule has 1 heterocycles. The summed E-state index contributed by atoms with van der Waals surface area (Å²) in [5.74, 6) is 0. The number of urea groups is 1. The predicted molar refractivity (Wildman–Crippen MR) is 72.3 cm³/mol. The second-order valence-corrected chi connectivity index (χ2v) is 4.85. The highest BCUT2D eigenvalue weighted by Gasteiger charge is 2.15. The SMILES string of the molecule is O=C(NSN=Cc1ccn[nH]1)NC1CCCCC1. The third kappa shape index (κ3) is 4.40. The highest BCUT2D eigenvalue weighted by Crippen LogP contribution is 2.17. The summed E-state index contributed by atoms with van der Waals surface area (Å²) in [7, 11) is 0. The van der Waals surface area contributed by atoms with Crippen molar-refractivity contribution < 1.29 is 4.79 Å². The molecule has 7 heteroatoms. The Morgan fingerprint density at radius 2 is 2.33 bits per heavy atom. The van der Waals surface area contributed by atoms with Crippen molar-refractivity contribution in [2.45, 2.75) is 38.1 Å². The van der Waals surface area contributed by atoms with Gasteiger partial charge in [0.1, 0.15) is 0 Å². The number of carbonyl (C=O) groups is 1. The number of rotatable bonds is 4. The molecule has 2 rings (SSSR count). The van der Waals surface area contributed by atoms with Crippen LogP contribution in [0.3, 0.4) is 0 Å². The number of hydrogen-bond donors (Lipinski definition) is 3. The lowest BCUT2D eigenvalue weighted by molar-refractivity contribution is 0.238. The van der Waals surface area contributed by atoms with Gasteiger partial charge >= 0.3 is 6.03 Å². The summed E-state index contributed by atoms with van der Waals surface area (Å²) < 4.78 is 6.62. The molecule has 0 spiro atoms. The van der Waals surface area contributed by atoms with Gasteiger partial charge in [-0.2, -0.15) is 5.10 Å². The van der Waals surface area contributed by atoms with Gasteiger partial charge in [-0.1, -0.05) is 19.3 Å². The van der Waals surface area contributed by atoms with E-state index < -0.39 is 0 Å². The van der Waals surface area contributed by atoms with E-state index >= 15 is 0 Å². The second kappa shape index (κ2) is 7.05. The number of hydrogen-bond acceptors (Lipinski definition) is 4. The summed E-state index contributed by atoms with van der Waals surface area (Å²) >= 11 is 1.01. The van der Waals surface area contributed by atoms with Crippen LogP contribution in [0.5, 0.6) is 0 Å². The molecule has 18 heavy (non-hydrogen) atoms. The highest BCUT2D eigenvalue weighted by atomic mass is 32.2.